The Morgan fingerprint density at radius 3 is 2.57 bits per heavy atom. The summed E-state index contributed by atoms with van der Waals surface area (Å²) in [4.78, 5) is 29.9. The predicted molar refractivity (Wildman–Crippen MR) is 90.3 cm³/mol. The number of amides is 1. The van der Waals surface area contributed by atoms with Gasteiger partial charge in [-0.15, -0.1) is 0 Å². The van der Waals surface area contributed by atoms with Gasteiger partial charge >= 0.3 is 0 Å². The molecule has 4 rings (SSSR count). The number of fused-ring (bicyclic) bond motifs is 1. The first-order valence-corrected chi connectivity index (χ1v) is 8.46. The number of aryl methyl sites for hydroxylation is 2. The quantitative estimate of drug-likeness (QED) is 0.943. The van der Waals surface area contributed by atoms with Crippen molar-refractivity contribution in [1.82, 2.24) is 9.88 Å². The van der Waals surface area contributed by atoms with E-state index in [0.717, 1.165) is 42.1 Å². The largest absolute Gasteiger partial charge is 0.335 e. The Morgan fingerprint density at radius 2 is 1.91 bits per heavy atom. The zero-order valence-corrected chi connectivity index (χ0v) is 13.7. The summed E-state index contributed by atoms with van der Waals surface area (Å²) in [7, 11) is 0. The summed E-state index contributed by atoms with van der Waals surface area (Å²) in [5.41, 5.74) is 3.79. The van der Waals surface area contributed by atoms with Crippen molar-refractivity contribution >= 4 is 16.8 Å². The van der Waals surface area contributed by atoms with Gasteiger partial charge in [-0.2, -0.15) is 0 Å². The molecule has 1 aromatic heterocycles. The van der Waals surface area contributed by atoms with Crippen LogP contribution in [0.3, 0.4) is 0 Å². The third-order valence-electron chi connectivity index (χ3n) is 4.91. The summed E-state index contributed by atoms with van der Waals surface area (Å²) < 4.78 is 0. The summed E-state index contributed by atoms with van der Waals surface area (Å²) >= 11 is 0. The normalized spacial score (nSPS) is 17.5. The number of pyridine rings is 1. The lowest BCUT2D eigenvalue weighted by Gasteiger charge is -2.22. The highest BCUT2D eigenvalue weighted by atomic mass is 16.2. The molecule has 0 unspecified atom stereocenters. The molecule has 1 aromatic carbocycles. The van der Waals surface area contributed by atoms with Crippen LogP contribution in [-0.4, -0.2) is 21.8 Å². The van der Waals surface area contributed by atoms with Crippen molar-refractivity contribution in [3.05, 3.63) is 45.2 Å². The summed E-state index contributed by atoms with van der Waals surface area (Å²) in [6.07, 6.45) is 4.16. The highest BCUT2D eigenvalue weighted by Gasteiger charge is 2.40. The lowest BCUT2D eigenvalue weighted by Crippen LogP contribution is -2.35. The van der Waals surface area contributed by atoms with Crippen LogP contribution in [0.4, 0.5) is 0 Å². The molecule has 23 heavy (non-hydrogen) atoms. The van der Waals surface area contributed by atoms with Gasteiger partial charge in [0, 0.05) is 17.5 Å². The number of H-pyrrole nitrogens is 1. The van der Waals surface area contributed by atoms with Crippen LogP contribution < -0.4 is 5.56 Å². The Kier molecular flexibility index (Phi) is 3.29. The van der Waals surface area contributed by atoms with Gasteiger partial charge in [-0.3, -0.25) is 9.59 Å². The minimum Gasteiger partial charge on any atom is -0.335 e. The highest BCUT2D eigenvalue weighted by molar-refractivity contribution is 5.84. The van der Waals surface area contributed by atoms with E-state index < -0.39 is 0 Å². The third-order valence-corrected chi connectivity index (χ3v) is 4.91. The number of rotatable bonds is 4. The number of aromatic nitrogens is 1. The van der Waals surface area contributed by atoms with Crippen LogP contribution in [0.15, 0.2) is 23.0 Å². The van der Waals surface area contributed by atoms with Gasteiger partial charge in [-0.25, -0.2) is 0 Å². The summed E-state index contributed by atoms with van der Waals surface area (Å²) in [5, 5.41) is 1.05. The molecular formula is C19H22N2O2. The van der Waals surface area contributed by atoms with E-state index in [1.165, 1.54) is 5.56 Å². The fourth-order valence-corrected chi connectivity index (χ4v) is 3.37. The first-order chi connectivity index (χ1) is 11.0. The molecule has 0 radical (unpaired) electrons. The summed E-state index contributed by atoms with van der Waals surface area (Å²) in [5.74, 6) is 0.451. The second kappa shape index (κ2) is 5.22. The number of hydrogen-bond acceptors (Lipinski definition) is 2. The molecule has 0 saturated heterocycles. The minimum atomic E-state index is -0.0706. The first-order valence-electron chi connectivity index (χ1n) is 8.46. The molecule has 1 heterocycles. The molecule has 4 nitrogen and oxygen atoms in total. The van der Waals surface area contributed by atoms with Crippen molar-refractivity contribution in [3.63, 3.8) is 0 Å². The van der Waals surface area contributed by atoms with E-state index in [1.54, 1.807) is 0 Å². The third kappa shape index (κ3) is 2.78. The Balaban J connectivity index is 1.71. The molecule has 120 valence electrons. The number of benzene rings is 1. The van der Waals surface area contributed by atoms with Crippen molar-refractivity contribution in [2.24, 2.45) is 5.92 Å². The van der Waals surface area contributed by atoms with Gasteiger partial charge in [0.25, 0.3) is 5.56 Å². The standard InChI is InChI=1S/C19H22N2O2/c1-11-7-12(2)17-14(8-11)9-15(18(22)20-17)10-21(16-5-6-16)19(23)13-3-4-13/h7-9,13,16H,3-6,10H2,1-2H3,(H,20,22). The number of aromatic amines is 1. The molecule has 1 N–H and O–H groups in total. The van der Waals surface area contributed by atoms with Gasteiger partial charge in [0.1, 0.15) is 0 Å². The monoisotopic (exact) mass is 310 g/mol. The maximum Gasteiger partial charge on any atom is 0.253 e. The molecule has 0 aliphatic heterocycles. The lowest BCUT2D eigenvalue weighted by molar-refractivity contribution is -0.133. The molecule has 4 heteroatoms. The van der Waals surface area contributed by atoms with Crippen molar-refractivity contribution in [1.29, 1.82) is 0 Å². The molecule has 0 atom stereocenters. The fraction of sp³-hybridized carbons (Fsp3) is 0.474. The Morgan fingerprint density at radius 1 is 1.17 bits per heavy atom. The van der Waals surface area contributed by atoms with Gasteiger partial charge in [0.2, 0.25) is 5.91 Å². The molecule has 1 amide bonds. The van der Waals surface area contributed by atoms with E-state index >= 15 is 0 Å². The molecule has 2 aliphatic rings. The lowest BCUT2D eigenvalue weighted by atomic mass is 10.0. The van der Waals surface area contributed by atoms with Crippen LogP contribution in [0.2, 0.25) is 0 Å². The van der Waals surface area contributed by atoms with E-state index in [2.05, 4.69) is 24.0 Å². The van der Waals surface area contributed by atoms with Crippen LogP contribution >= 0.6 is 0 Å². The molecule has 2 aliphatic carbocycles. The van der Waals surface area contributed by atoms with Gasteiger partial charge in [-0.1, -0.05) is 11.6 Å². The van der Waals surface area contributed by atoms with E-state index in [0.29, 0.717) is 18.2 Å². The minimum absolute atomic E-state index is 0.0706. The zero-order valence-electron chi connectivity index (χ0n) is 13.7. The van der Waals surface area contributed by atoms with Gasteiger partial charge in [0.15, 0.2) is 0 Å². The van der Waals surface area contributed by atoms with Crippen molar-refractivity contribution < 1.29 is 4.79 Å². The topological polar surface area (TPSA) is 53.2 Å². The van der Waals surface area contributed by atoms with Crippen LogP contribution in [-0.2, 0) is 11.3 Å². The van der Waals surface area contributed by atoms with Crippen LogP contribution in [0.25, 0.3) is 10.9 Å². The first kappa shape index (κ1) is 14.5. The second-order valence-corrected chi connectivity index (χ2v) is 7.14. The van der Waals surface area contributed by atoms with Crippen LogP contribution in [0.1, 0.15) is 42.4 Å². The fourth-order valence-electron chi connectivity index (χ4n) is 3.37. The van der Waals surface area contributed by atoms with Crippen LogP contribution in [0, 0.1) is 19.8 Å². The van der Waals surface area contributed by atoms with Crippen molar-refractivity contribution in [2.45, 2.75) is 52.1 Å². The summed E-state index contributed by atoms with van der Waals surface area (Å²) in [6, 6.07) is 6.47. The van der Waals surface area contributed by atoms with E-state index in [4.69, 9.17) is 0 Å². The Labute approximate surface area is 135 Å². The van der Waals surface area contributed by atoms with Crippen molar-refractivity contribution in [3.8, 4) is 0 Å². The molecule has 2 saturated carbocycles. The maximum absolute atomic E-state index is 12.5. The van der Waals surface area contributed by atoms with Gasteiger partial charge in [-0.05, 0) is 62.6 Å². The molecule has 0 bridgehead atoms. The molecule has 0 spiro atoms. The van der Waals surface area contributed by atoms with Crippen molar-refractivity contribution in [2.75, 3.05) is 0 Å². The maximum atomic E-state index is 12.5. The second-order valence-electron chi connectivity index (χ2n) is 7.14. The Hall–Kier alpha value is -2.10. The van der Waals surface area contributed by atoms with E-state index in [9.17, 15) is 9.59 Å². The average molecular weight is 310 g/mol. The Bertz CT molecular complexity index is 844. The number of nitrogens with one attached hydrogen (secondary N) is 1. The smallest absolute Gasteiger partial charge is 0.253 e. The SMILES string of the molecule is Cc1cc(C)c2[nH]c(=O)c(CN(C(=O)C3CC3)C3CC3)cc2c1. The molecular weight excluding hydrogens is 288 g/mol. The van der Waals surface area contributed by atoms with E-state index in [-0.39, 0.29) is 17.4 Å². The number of hydrogen-bond donors (Lipinski definition) is 1. The number of carbonyl (C=O) groups excluding carboxylic acids is 1. The number of carbonyl (C=O) groups is 1. The molecule has 2 aromatic rings. The summed E-state index contributed by atoms with van der Waals surface area (Å²) in [6.45, 7) is 4.51. The van der Waals surface area contributed by atoms with Gasteiger partial charge < -0.3 is 9.88 Å². The van der Waals surface area contributed by atoms with Gasteiger partial charge in [0.05, 0.1) is 12.1 Å². The van der Waals surface area contributed by atoms with E-state index in [1.807, 2.05) is 17.9 Å². The molecule has 2 fully saturated rings. The van der Waals surface area contributed by atoms with Crippen LogP contribution in [0.5, 0.6) is 0 Å². The number of nitrogens with zero attached hydrogens (tertiary/aromatic N) is 1. The highest BCUT2D eigenvalue weighted by Crippen LogP contribution is 2.36. The predicted octanol–water partition coefficient (Wildman–Crippen LogP) is 3.05. The average Bonchev–Trinajstić information content (AvgIpc) is 3.37. The zero-order chi connectivity index (χ0) is 16.1.